The fourth-order valence-corrected chi connectivity index (χ4v) is 5.94. The average molecular weight is 396 g/mol. The molecule has 0 amide bonds. The van der Waals surface area contributed by atoms with Gasteiger partial charge in [0.15, 0.2) is 0 Å². The molecule has 2 aromatic rings. The molecular weight excluding hydrogens is 377 g/mol. The van der Waals surface area contributed by atoms with Crippen LogP contribution >= 0.6 is 11.6 Å². The van der Waals surface area contributed by atoms with Crippen molar-refractivity contribution in [2.45, 2.75) is 42.9 Å². The molecule has 0 bridgehead atoms. The molecule has 5 nitrogen and oxygen atoms in total. The summed E-state index contributed by atoms with van der Waals surface area (Å²) >= 11 is 5.79. The molecule has 2 aliphatic rings. The number of fused-ring (bicyclic) bond motifs is 2. The van der Waals surface area contributed by atoms with Gasteiger partial charge in [-0.1, -0.05) is 11.6 Å². The normalized spacial score (nSPS) is 23.3. The summed E-state index contributed by atoms with van der Waals surface area (Å²) in [6.45, 7) is 2.68. The zero-order chi connectivity index (χ0) is 18.5. The topological polar surface area (TPSA) is 63.2 Å². The van der Waals surface area contributed by atoms with Crippen LogP contribution in [0.3, 0.4) is 0 Å². The van der Waals surface area contributed by atoms with Crippen LogP contribution < -0.4 is 0 Å². The lowest BCUT2D eigenvalue weighted by Crippen LogP contribution is -2.47. The monoisotopic (exact) mass is 395 g/mol. The SMILES string of the molecule is Cc1ncc2c(n1)C1(CCCN(S(=O)(=O)c3ccc(F)c(Cl)c3)C1)CC2. The van der Waals surface area contributed by atoms with Gasteiger partial charge in [-0.15, -0.1) is 0 Å². The smallest absolute Gasteiger partial charge is 0.241 e. The fraction of sp³-hybridized carbons (Fsp3) is 0.444. The van der Waals surface area contributed by atoms with E-state index in [2.05, 4.69) is 9.97 Å². The maximum absolute atomic E-state index is 13.4. The number of aryl methyl sites for hydroxylation is 2. The number of halogens is 2. The number of benzene rings is 1. The van der Waals surface area contributed by atoms with Gasteiger partial charge in [-0.2, -0.15) is 4.31 Å². The zero-order valence-electron chi connectivity index (χ0n) is 14.4. The second-order valence-electron chi connectivity index (χ2n) is 7.09. The number of hydrogen-bond donors (Lipinski definition) is 0. The third-order valence-corrected chi connectivity index (χ3v) is 7.56. The molecule has 1 aliphatic carbocycles. The van der Waals surface area contributed by atoms with Crippen LogP contribution in [-0.4, -0.2) is 35.8 Å². The first kappa shape index (κ1) is 17.8. The van der Waals surface area contributed by atoms with Gasteiger partial charge in [-0.25, -0.2) is 22.8 Å². The van der Waals surface area contributed by atoms with Crippen LogP contribution in [-0.2, 0) is 21.9 Å². The highest BCUT2D eigenvalue weighted by Gasteiger charge is 2.46. The van der Waals surface area contributed by atoms with Gasteiger partial charge >= 0.3 is 0 Å². The largest absolute Gasteiger partial charge is 0.243 e. The summed E-state index contributed by atoms with van der Waals surface area (Å²) in [4.78, 5) is 8.94. The van der Waals surface area contributed by atoms with Gasteiger partial charge in [0, 0.05) is 24.7 Å². The van der Waals surface area contributed by atoms with Crippen LogP contribution in [0.25, 0.3) is 0 Å². The van der Waals surface area contributed by atoms with Crippen molar-refractivity contribution in [1.29, 1.82) is 0 Å². The maximum atomic E-state index is 13.4. The number of hydrogen-bond acceptors (Lipinski definition) is 4. The van der Waals surface area contributed by atoms with E-state index in [0.29, 0.717) is 18.9 Å². The first-order valence-corrected chi connectivity index (χ1v) is 10.4. The number of nitrogens with zero attached hydrogens (tertiary/aromatic N) is 3. The van der Waals surface area contributed by atoms with Gasteiger partial charge in [0.1, 0.15) is 11.6 Å². The molecule has 0 radical (unpaired) electrons. The summed E-state index contributed by atoms with van der Waals surface area (Å²) in [6, 6.07) is 3.55. The third kappa shape index (κ3) is 2.82. The molecule has 1 saturated heterocycles. The van der Waals surface area contributed by atoms with Crippen LogP contribution in [0, 0.1) is 12.7 Å². The van der Waals surface area contributed by atoms with Crippen molar-refractivity contribution in [1.82, 2.24) is 14.3 Å². The van der Waals surface area contributed by atoms with Crippen molar-refractivity contribution >= 4 is 21.6 Å². The standard InChI is InChI=1S/C18H19ClFN3O2S/c1-12-21-10-13-5-7-18(17(13)22-12)6-2-8-23(11-18)26(24,25)14-3-4-16(20)15(19)9-14/h3-4,9-10H,2,5-8,11H2,1H3. The Labute approximate surface area is 157 Å². The van der Waals surface area contributed by atoms with Gasteiger partial charge in [-0.3, -0.25) is 0 Å². The lowest BCUT2D eigenvalue weighted by molar-refractivity contribution is 0.219. The van der Waals surface area contributed by atoms with Gasteiger partial charge < -0.3 is 0 Å². The van der Waals surface area contributed by atoms with E-state index in [1.165, 1.54) is 16.4 Å². The number of sulfonamides is 1. The Hall–Kier alpha value is -1.57. The Bertz CT molecular complexity index is 978. The molecule has 1 spiro atoms. The van der Waals surface area contributed by atoms with Crippen molar-refractivity contribution in [2.75, 3.05) is 13.1 Å². The van der Waals surface area contributed by atoms with Crippen LogP contribution in [0.4, 0.5) is 4.39 Å². The highest BCUT2D eigenvalue weighted by molar-refractivity contribution is 7.89. The van der Waals surface area contributed by atoms with Gasteiger partial charge in [0.05, 0.1) is 15.6 Å². The van der Waals surface area contributed by atoms with Crippen molar-refractivity contribution in [3.63, 3.8) is 0 Å². The minimum Gasteiger partial charge on any atom is -0.241 e. The predicted molar refractivity (Wildman–Crippen MR) is 96.2 cm³/mol. The molecule has 0 saturated carbocycles. The molecule has 4 rings (SSSR count). The summed E-state index contributed by atoms with van der Waals surface area (Å²) < 4.78 is 41.1. The first-order chi connectivity index (χ1) is 12.3. The van der Waals surface area contributed by atoms with Gasteiger partial charge in [-0.05, 0) is 56.4 Å². The van der Waals surface area contributed by atoms with Crippen LogP contribution in [0.1, 0.15) is 36.3 Å². The number of aromatic nitrogens is 2. The van der Waals surface area contributed by atoms with E-state index in [0.717, 1.165) is 43.0 Å². The van der Waals surface area contributed by atoms with E-state index in [1.54, 1.807) is 0 Å². The van der Waals surface area contributed by atoms with E-state index in [9.17, 15) is 12.8 Å². The Morgan fingerprint density at radius 1 is 1.31 bits per heavy atom. The van der Waals surface area contributed by atoms with E-state index < -0.39 is 15.8 Å². The molecule has 2 heterocycles. The first-order valence-electron chi connectivity index (χ1n) is 8.60. The second-order valence-corrected chi connectivity index (χ2v) is 9.43. The van der Waals surface area contributed by atoms with E-state index in [-0.39, 0.29) is 15.3 Å². The Kier molecular flexibility index (Phi) is 4.28. The molecule has 1 unspecified atom stereocenters. The molecule has 1 atom stereocenters. The molecule has 138 valence electrons. The lowest BCUT2D eigenvalue weighted by atomic mass is 9.78. The minimum absolute atomic E-state index is 0.0260. The van der Waals surface area contributed by atoms with Crippen LogP contribution in [0.5, 0.6) is 0 Å². The van der Waals surface area contributed by atoms with E-state index in [4.69, 9.17) is 11.6 Å². The molecule has 8 heteroatoms. The average Bonchev–Trinajstić information content (AvgIpc) is 2.95. The quantitative estimate of drug-likeness (QED) is 0.783. The predicted octanol–water partition coefficient (Wildman–Crippen LogP) is 3.25. The second kappa shape index (κ2) is 6.25. The van der Waals surface area contributed by atoms with Gasteiger partial charge in [0.25, 0.3) is 0 Å². The Morgan fingerprint density at radius 3 is 2.88 bits per heavy atom. The highest BCUT2D eigenvalue weighted by Crippen LogP contribution is 2.44. The van der Waals surface area contributed by atoms with Crippen molar-refractivity contribution in [3.05, 3.63) is 52.3 Å². The number of rotatable bonds is 2. The fourth-order valence-electron chi connectivity index (χ4n) is 4.11. The summed E-state index contributed by atoms with van der Waals surface area (Å²) in [6.07, 6.45) is 5.27. The summed E-state index contributed by atoms with van der Waals surface area (Å²) in [5, 5.41) is -0.188. The third-order valence-electron chi connectivity index (χ3n) is 5.43. The Balaban J connectivity index is 1.70. The van der Waals surface area contributed by atoms with Crippen molar-refractivity contribution < 1.29 is 12.8 Å². The van der Waals surface area contributed by atoms with Crippen molar-refractivity contribution in [2.24, 2.45) is 0 Å². The molecule has 26 heavy (non-hydrogen) atoms. The molecule has 1 aliphatic heterocycles. The summed E-state index contributed by atoms with van der Waals surface area (Å²) in [5.41, 5.74) is 1.83. The molecular formula is C18H19ClFN3O2S. The molecule has 0 N–H and O–H groups in total. The van der Waals surface area contributed by atoms with E-state index >= 15 is 0 Å². The molecule has 1 fully saturated rings. The minimum atomic E-state index is -3.74. The summed E-state index contributed by atoms with van der Waals surface area (Å²) in [5.74, 6) is 0.0768. The lowest BCUT2D eigenvalue weighted by Gasteiger charge is -2.39. The van der Waals surface area contributed by atoms with Crippen molar-refractivity contribution in [3.8, 4) is 0 Å². The van der Waals surface area contributed by atoms with Crippen LogP contribution in [0.15, 0.2) is 29.3 Å². The maximum Gasteiger partial charge on any atom is 0.243 e. The molecule has 1 aromatic heterocycles. The van der Waals surface area contributed by atoms with Gasteiger partial charge in [0.2, 0.25) is 10.0 Å². The highest BCUT2D eigenvalue weighted by atomic mass is 35.5. The zero-order valence-corrected chi connectivity index (χ0v) is 15.9. The Morgan fingerprint density at radius 2 is 2.12 bits per heavy atom. The van der Waals surface area contributed by atoms with Crippen LogP contribution in [0.2, 0.25) is 5.02 Å². The number of piperidine rings is 1. The van der Waals surface area contributed by atoms with E-state index in [1.807, 2.05) is 13.1 Å². The molecule has 1 aromatic carbocycles. The summed E-state index contributed by atoms with van der Waals surface area (Å²) in [7, 11) is -3.74.